The van der Waals surface area contributed by atoms with Crippen LogP contribution in [-0.2, 0) is 4.79 Å². The number of likely N-dealkylation sites (tertiary alicyclic amines) is 1. The summed E-state index contributed by atoms with van der Waals surface area (Å²) in [4.78, 5) is 15.5. The highest BCUT2D eigenvalue weighted by Crippen LogP contribution is 2.11. The maximum Gasteiger partial charge on any atom is 0.236 e. The smallest absolute Gasteiger partial charge is 0.236 e. The number of aromatic nitrogens is 1. The molecule has 0 bridgehead atoms. The highest BCUT2D eigenvalue weighted by molar-refractivity contribution is 5.77. The molecule has 0 aromatic carbocycles. The topological polar surface area (TPSA) is 40.5 Å². The van der Waals surface area contributed by atoms with Gasteiger partial charge in [-0.2, -0.15) is 0 Å². The van der Waals surface area contributed by atoms with Crippen molar-refractivity contribution in [3.05, 3.63) is 24.5 Å². The quantitative estimate of drug-likeness (QED) is 0.850. The Labute approximate surface area is 108 Å². The van der Waals surface area contributed by atoms with E-state index in [1.807, 2.05) is 43.3 Å². The van der Waals surface area contributed by atoms with Crippen LogP contribution >= 0.6 is 0 Å². The number of rotatable bonds is 4. The van der Waals surface area contributed by atoms with E-state index >= 15 is 0 Å². The second-order valence-electron chi connectivity index (χ2n) is 5.06. The molecule has 1 fully saturated rings. The highest BCUT2D eigenvalue weighted by Gasteiger charge is 2.21. The molecule has 0 saturated carbocycles. The molecular formula is C13H22N4O. The molecule has 1 aliphatic rings. The average Bonchev–Trinajstić information content (AvgIpc) is 2.84. The maximum atomic E-state index is 11.6. The van der Waals surface area contributed by atoms with Crippen molar-refractivity contribution < 1.29 is 4.79 Å². The monoisotopic (exact) mass is 250 g/mol. The van der Waals surface area contributed by atoms with E-state index in [-0.39, 0.29) is 5.91 Å². The van der Waals surface area contributed by atoms with Gasteiger partial charge in [-0.25, -0.2) is 0 Å². The second kappa shape index (κ2) is 5.91. The van der Waals surface area contributed by atoms with Crippen LogP contribution in [0, 0.1) is 0 Å². The molecule has 5 nitrogen and oxygen atoms in total. The predicted molar refractivity (Wildman–Crippen MR) is 71.9 cm³/mol. The normalized spacial score (nSPS) is 17.7. The summed E-state index contributed by atoms with van der Waals surface area (Å²) in [6.07, 6.45) is 6.20. The fraction of sp³-hybridized carbons (Fsp3) is 0.615. The van der Waals surface area contributed by atoms with Crippen molar-refractivity contribution >= 4 is 5.91 Å². The van der Waals surface area contributed by atoms with Crippen LogP contribution in [0.4, 0.5) is 0 Å². The first-order valence-corrected chi connectivity index (χ1v) is 6.47. The first-order valence-electron chi connectivity index (χ1n) is 6.47. The number of hydrogen-bond donors (Lipinski definition) is 1. The predicted octanol–water partition coefficient (Wildman–Crippen LogP) is 0.584. The lowest BCUT2D eigenvalue weighted by atomic mass is 10.1. The van der Waals surface area contributed by atoms with E-state index in [1.54, 1.807) is 4.90 Å². The number of carbonyl (C=O) groups is 1. The number of carbonyl (C=O) groups excluding carboxylic acids is 1. The van der Waals surface area contributed by atoms with Gasteiger partial charge in [0.25, 0.3) is 0 Å². The summed E-state index contributed by atoms with van der Waals surface area (Å²) in [6.45, 7) is 2.51. The first kappa shape index (κ1) is 13.0. The molecule has 1 N–H and O–H groups in total. The van der Waals surface area contributed by atoms with E-state index in [4.69, 9.17) is 0 Å². The summed E-state index contributed by atoms with van der Waals surface area (Å²) in [6, 6.07) is 4.53. The summed E-state index contributed by atoms with van der Waals surface area (Å²) < 4.78 is 2.01. The SMILES string of the molecule is CN(C)C(=O)CN1CCC(Nn2cccc2)CC1. The van der Waals surface area contributed by atoms with E-state index in [0.717, 1.165) is 25.9 Å². The van der Waals surface area contributed by atoms with Gasteiger partial charge in [0.1, 0.15) is 0 Å². The van der Waals surface area contributed by atoms with Crippen molar-refractivity contribution in [1.29, 1.82) is 0 Å². The van der Waals surface area contributed by atoms with Crippen molar-refractivity contribution in [2.75, 3.05) is 39.2 Å². The van der Waals surface area contributed by atoms with Gasteiger partial charge in [-0.3, -0.25) is 14.4 Å². The molecule has 1 amide bonds. The molecule has 100 valence electrons. The number of nitrogens with one attached hydrogen (secondary N) is 1. The van der Waals surface area contributed by atoms with Crippen LogP contribution in [0.1, 0.15) is 12.8 Å². The van der Waals surface area contributed by atoms with E-state index < -0.39 is 0 Å². The van der Waals surface area contributed by atoms with Gasteiger partial charge in [0.2, 0.25) is 5.91 Å². The number of amides is 1. The van der Waals surface area contributed by atoms with Crippen LogP contribution in [0.2, 0.25) is 0 Å². The fourth-order valence-corrected chi connectivity index (χ4v) is 2.18. The zero-order chi connectivity index (χ0) is 13.0. The van der Waals surface area contributed by atoms with Crippen LogP contribution < -0.4 is 5.43 Å². The lowest BCUT2D eigenvalue weighted by Crippen LogP contribution is -2.45. The molecule has 2 heterocycles. The van der Waals surface area contributed by atoms with Crippen molar-refractivity contribution in [1.82, 2.24) is 14.5 Å². The van der Waals surface area contributed by atoms with Gasteiger partial charge in [0.15, 0.2) is 0 Å². The summed E-state index contributed by atoms with van der Waals surface area (Å²) in [5.74, 6) is 0.187. The van der Waals surface area contributed by atoms with E-state index in [1.165, 1.54) is 0 Å². The molecule has 0 radical (unpaired) electrons. The molecule has 1 aliphatic heterocycles. The summed E-state index contributed by atoms with van der Waals surface area (Å²) in [5.41, 5.74) is 3.45. The third-order valence-electron chi connectivity index (χ3n) is 3.38. The summed E-state index contributed by atoms with van der Waals surface area (Å²) >= 11 is 0. The first-order chi connectivity index (χ1) is 8.65. The molecular weight excluding hydrogens is 228 g/mol. The standard InChI is InChI=1S/C13H22N4O/c1-15(2)13(18)11-16-9-5-12(6-10-16)14-17-7-3-4-8-17/h3-4,7-8,12,14H,5-6,9-11H2,1-2H3. The maximum absolute atomic E-state index is 11.6. The Balaban J connectivity index is 1.73. The molecule has 1 saturated heterocycles. The zero-order valence-corrected chi connectivity index (χ0v) is 11.2. The van der Waals surface area contributed by atoms with Gasteiger partial charge < -0.3 is 10.3 Å². The molecule has 0 unspecified atom stereocenters. The molecule has 18 heavy (non-hydrogen) atoms. The minimum atomic E-state index is 0.187. The van der Waals surface area contributed by atoms with Gasteiger partial charge in [0, 0.05) is 45.6 Å². The van der Waals surface area contributed by atoms with Gasteiger partial charge in [-0.1, -0.05) is 0 Å². The minimum Gasteiger partial charge on any atom is -0.348 e. The molecule has 2 rings (SSSR count). The average molecular weight is 250 g/mol. The molecule has 0 spiro atoms. The third-order valence-corrected chi connectivity index (χ3v) is 3.38. The van der Waals surface area contributed by atoms with Crippen molar-refractivity contribution in [3.63, 3.8) is 0 Å². The number of nitrogens with zero attached hydrogens (tertiary/aromatic N) is 3. The molecule has 1 aromatic rings. The zero-order valence-electron chi connectivity index (χ0n) is 11.2. The molecule has 5 heteroatoms. The van der Waals surface area contributed by atoms with Crippen LogP contribution in [0.5, 0.6) is 0 Å². The Hall–Kier alpha value is -1.49. The fourth-order valence-electron chi connectivity index (χ4n) is 2.18. The molecule has 0 atom stereocenters. The number of hydrogen-bond acceptors (Lipinski definition) is 3. The van der Waals surface area contributed by atoms with E-state index in [2.05, 4.69) is 10.3 Å². The Morgan fingerprint density at radius 2 is 1.89 bits per heavy atom. The summed E-state index contributed by atoms with van der Waals surface area (Å²) in [7, 11) is 3.62. The Morgan fingerprint density at radius 3 is 2.44 bits per heavy atom. The van der Waals surface area contributed by atoms with Crippen LogP contribution in [-0.4, -0.2) is 60.2 Å². The largest absolute Gasteiger partial charge is 0.348 e. The minimum absolute atomic E-state index is 0.187. The van der Waals surface area contributed by atoms with Gasteiger partial charge >= 0.3 is 0 Å². The van der Waals surface area contributed by atoms with Gasteiger partial charge in [-0.15, -0.1) is 0 Å². The Bertz CT molecular complexity index is 366. The molecule has 0 aliphatic carbocycles. The van der Waals surface area contributed by atoms with Crippen molar-refractivity contribution in [2.45, 2.75) is 18.9 Å². The number of piperidine rings is 1. The Kier molecular flexibility index (Phi) is 4.25. The Morgan fingerprint density at radius 1 is 1.28 bits per heavy atom. The van der Waals surface area contributed by atoms with Crippen LogP contribution in [0.15, 0.2) is 24.5 Å². The lowest BCUT2D eigenvalue weighted by molar-refractivity contribution is -0.130. The van der Waals surface area contributed by atoms with E-state index in [9.17, 15) is 4.79 Å². The summed E-state index contributed by atoms with van der Waals surface area (Å²) in [5, 5.41) is 0. The van der Waals surface area contributed by atoms with Gasteiger partial charge in [0.05, 0.1) is 6.54 Å². The van der Waals surface area contributed by atoms with E-state index in [0.29, 0.717) is 12.6 Å². The van der Waals surface area contributed by atoms with Crippen LogP contribution in [0.25, 0.3) is 0 Å². The third kappa shape index (κ3) is 3.50. The van der Waals surface area contributed by atoms with Gasteiger partial charge in [-0.05, 0) is 25.0 Å². The van der Waals surface area contributed by atoms with Crippen molar-refractivity contribution in [3.8, 4) is 0 Å². The highest BCUT2D eigenvalue weighted by atomic mass is 16.2. The number of likely N-dealkylation sites (N-methyl/N-ethyl adjacent to an activating group) is 1. The molecule has 1 aromatic heterocycles. The second-order valence-corrected chi connectivity index (χ2v) is 5.06. The lowest BCUT2D eigenvalue weighted by Gasteiger charge is -2.33. The van der Waals surface area contributed by atoms with Crippen molar-refractivity contribution in [2.24, 2.45) is 0 Å². The van der Waals surface area contributed by atoms with Crippen LogP contribution in [0.3, 0.4) is 0 Å².